The summed E-state index contributed by atoms with van der Waals surface area (Å²) in [5, 5.41) is 4.14. The van der Waals surface area contributed by atoms with Gasteiger partial charge in [0.05, 0.1) is 9.34 Å². The lowest BCUT2D eigenvalue weighted by Gasteiger charge is -2.01. The van der Waals surface area contributed by atoms with Gasteiger partial charge < -0.3 is 5.32 Å². The van der Waals surface area contributed by atoms with Crippen LogP contribution in [0.1, 0.15) is 0 Å². The zero-order valence-corrected chi connectivity index (χ0v) is 10.2. The fourth-order valence-electron chi connectivity index (χ4n) is 0.957. The Morgan fingerprint density at radius 2 is 2.14 bits per heavy atom. The molecule has 0 spiro atoms. The molecule has 0 amide bonds. The number of nitrogens with zero attached hydrogens (tertiary/aromatic N) is 1. The van der Waals surface area contributed by atoms with Gasteiger partial charge in [0.2, 0.25) is 0 Å². The highest BCUT2D eigenvalue weighted by molar-refractivity contribution is 9.10. The maximum atomic E-state index is 5.80. The van der Waals surface area contributed by atoms with Crippen LogP contribution in [0, 0.1) is 0 Å². The summed E-state index contributed by atoms with van der Waals surface area (Å²) in [5.41, 5.74) is 0. The third-order valence-electron chi connectivity index (χ3n) is 1.55. The van der Waals surface area contributed by atoms with Gasteiger partial charge in [0, 0.05) is 10.7 Å². The fraction of sp³-hybridized carbons (Fsp3) is 0. The van der Waals surface area contributed by atoms with Crippen LogP contribution in [-0.2, 0) is 0 Å². The average Bonchev–Trinajstić information content (AvgIpc) is 2.56. The molecule has 2 heterocycles. The van der Waals surface area contributed by atoms with Gasteiger partial charge in [0.1, 0.15) is 5.82 Å². The number of nitrogens with one attached hydrogen (secondary N) is 1. The summed E-state index contributed by atoms with van der Waals surface area (Å²) in [4.78, 5) is 4.19. The van der Waals surface area contributed by atoms with Gasteiger partial charge in [-0.2, -0.15) is 0 Å². The van der Waals surface area contributed by atoms with E-state index in [0.29, 0.717) is 0 Å². The summed E-state index contributed by atoms with van der Waals surface area (Å²) in [7, 11) is 0. The van der Waals surface area contributed by atoms with Crippen molar-refractivity contribution < 1.29 is 0 Å². The number of hydrogen-bond acceptors (Lipinski definition) is 3. The molecule has 14 heavy (non-hydrogen) atoms. The van der Waals surface area contributed by atoms with Crippen molar-refractivity contribution in [1.82, 2.24) is 4.98 Å². The zero-order chi connectivity index (χ0) is 9.97. The van der Waals surface area contributed by atoms with Gasteiger partial charge in [-0.3, -0.25) is 0 Å². The number of thiophene rings is 1. The lowest BCUT2D eigenvalue weighted by molar-refractivity contribution is 1.30. The van der Waals surface area contributed by atoms with E-state index in [-0.39, 0.29) is 0 Å². The largest absolute Gasteiger partial charge is 0.332 e. The van der Waals surface area contributed by atoms with Crippen LogP contribution in [0.2, 0.25) is 4.34 Å². The van der Waals surface area contributed by atoms with Crippen LogP contribution >= 0.6 is 38.9 Å². The molecule has 0 fully saturated rings. The number of hydrogen-bond donors (Lipinski definition) is 1. The van der Waals surface area contributed by atoms with E-state index in [9.17, 15) is 0 Å². The van der Waals surface area contributed by atoms with Crippen LogP contribution in [-0.4, -0.2) is 4.98 Å². The molecule has 0 aliphatic heterocycles. The molecule has 0 aromatic carbocycles. The topological polar surface area (TPSA) is 24.9 Å². The molecule has 0 unspecified atom stereocenters. The molecular weight excluding hydrogens is 284 g/mol. The molecule has 0 aliphatic rings. The molecule has 72 valence electrons. The molecule has 5 heteroatoms. The molecule has 2 nitrogen and oxygen atoms in total. The smallest absolute Gasteiger partial charge is 0.130 e. The summed E-state index contributed by atoms with van der Waals surface area (Å²) in [6, 6.07) is 7.62. The van der Waals surface area contributed by atoms with Crippen molar-refractivity contribution in [3.8, 4) is 0 Å². The van der Waals surface area contributed by atoms with Gasteiger partial charge in [-0.25, -0.2) is 4.98 Å². The van der Waals surface area contributed by atoms with E-state index in [4.69, 9.17) is 11.6 Å². The summed E-state index contributed by atoms with van der Waals surface area (Å²) in [5.74, 6) is 0.812. The monoisotopic (exact) mass is 288 g/mol. The van der Waals surface area contributed by atoms with Crippen molar-refractivity contribution in [2.75, 3.05) is 5.32 Å². The number of pyridine rings is 1. The predicted molar refractivity (Wildman–Crippen MR) is 64.5 cm³/mol. The van der Waals surface area contributed by atoms with E-state index < -0.39 is 0 Å². The Balaban J connectivity index is 2.15. The van der Waals surface area contributed by atoms with Gasteiger partial charge in [0.25, 0.3) is 0 Å². The molecule has 2 aromatic rings. The van der Waals surface area contributed by atoms with Crippen molar-refractivity contribution in [1.29, 1.82) is 0 Å². The molecule has 0 saturated heterocycles. The SMILES string of the molecule is Clc1ccc(Nc2ccc(Br)cn2)s1. The minimum absolute atomic E-state index is 0.768. The normalized spacial score (nSPS) is 10.1. The number of aromatic nitrogens is 1. The van der Waals surface area contributed by atoms with Crippen LogP contribution in [0.15, 0.2) is 34.9 Å². The van der Waals surface area contributed by atoms with E-state index in [1.54, 1.807) is 6.20 Å². The minimum Gasteiger partial charge on any atom is -0.332 e. The maximum absolute atomic E-state index is 5.80. The summed E-state index contributed by atoms with van der Waals surface area (Å²) >= 11 is 10.6. The molecule has 2 aromatic heterocycles. The van der Waals surface area contributed by atoms with Crippen molar-refractivity contribution in [2.24, 2.45) is 0 Å². The van der Waals surface area contributed by atoms with Crippen LogP contribution in [0.25, 0.3) is 0 Å². The van der Waals surface area contributed by atoms with Gasteiger partial charge in [-0.15, -0.1) is 11.3 Å². The van der Waals surface area contributed by atoms with E-state index >= 15 is 0 Å². The second kappa shape index (κ2) is 4.29. The van der Waals surface area contributed by atoms with Gasteiger partial charge in [-0.05, 0) is 40.2 Å². The van der Waals surface area contributed by atoms with Crippen molar-refractivity contribution in [2.45, 2.75) is 0 Å². The quantitative estimate of drug-likeness (QED) is 0.891. The average molecular weight is 290 g/mol. The standard InChI is InChI=1S/C9H6BrClN2S/c10-6-1-3-8(12-5-6)13-9-4-2-7(11)14-9/h1-5H,(H,12,13). The highest BCUT2D eigenvalue weighted by Gasteiger charge is 1.98. The third kappa shape index (κ3) is 2.47. The Morgan fingerprint density at radius 1 is 1.29 bits per heavy atom. The summed E-state index contributed by atoms with van der Waals surface area (Å²) < 4.78 is 1.73. The molecule has 2 rings (SSSR count). The van der Waals surface area contributed by atoms with Crippen molar-refractivity contribution in [3.63, 3.8) is 0 Å². The molecule has 0 radical (unpaired) electrons. The lowest BCUT2D eigenvalue weighted by Crippen LogP contribution is -1.89. The number of anilines is 2. The molecule has 0 atom stereocenters. The zero-order valence-electron chi connectivity index (χ0n) is 7.00. The molecule has 1 N–H and O–H groups in total. The first-order chi connectivity index (χ1) is 6.74. The van der Waals surface area contributed by atoms with Crippen LogP contribution in [0.3, 0.4) is 0 Å². The van der Waals surface area contributed by atoms with E-state index in [1.165, 1.54) is 11.3 Å². The predicted octanol–water partition coefficient (Wildman–Crippen LogP) is 4.30. The molecule has 0 saturated carbocycles. The summed E-state index contributed by atoms with van der Waals surface area (Å²) in [6.45, 7) is 0. The van der Waals surface area contributed by atoms with Gasteiger partial charge in [-0.1, -0.05) is 11.6 Å². The summed E-state index contributed by atoms with van der Waals surface area (Å²) in [6.07, 6.45) is 1.75. The molecule has 0 aliphatic carbocycles. The van der Waals surface area contributed by atoms with Gasteiger partial charge >= 0.3 is 0 Å². The van der Waals surface area contributed by atoms with E-state index in [0.717, 1.165) is 19.6 Å². The Labute approximate surface area is 99.1 Å². The Kier molecular flexibility index (Phi) is 3.05. The first-order valence-electron chi connectivity index (χ1n) is 3.88. The third-order valence-corrected chi connectivity index (χ3v) is 3.17. The molecular formula is C9H6BrClN2S. The highest BCUT2D eigenvalue weighted by Crippen LogP contribution is 2.28. The lowest BCUT2D eigenvalue weighted by atomic mass is 10.4. The second-order valence-electron chi connectivity index (χ2n) is 2.59. The second-order valence-corrected chi connectivity index (χ2v) is 5.22. The minimum atomic E-state index is 0.768. The number of rotatable bonds is 2. The first kappa shape index (κ1) is 9.96. The highest BCUT2D eigenvalue weighted by atomic mass is 79.9. The van der Waals surface area contributed by atoms with Crippen LogP contribution in [0.5, 0.6) is 0 Å². The van der Waals surface area contributed by atoms with Gasteiger partial charge in [0.15, 0.2) is 0 Å². The Hall–Kier alpha value is -0.580. The van der Waals surface area contributed by atoms with E-state index in [2.05, 4.69) is 26.2 Å². The van der Waals surface area contributed by atoms with Crippen LogP contribution in [0.4, 0.5) is 10.8 Å². The Morgan fingerprint density at radius 3 is 2.71 bits per heavy atom. The van der Waals surface area contributed by atoms with Crippen molar-refractivity contribution in [3.05, 3.63) is 39.3 Å². The molecule has 0 bridgehead atoms. The fourth-order valence-corrected chi connectivity index (χ4v) is 2.14. The van der Waals surface area contributed by atoms with Crippen molar-refractivity contribution >= 4 is 49.7 Å². The Bertz CT molecular complexity index is 427. The first-order valence-corrected chi connectivity index (χ1v) is 5.87. The maximum Gasteiger partial charge on any atom is 0.130 e. The van der Waals surface area contributed by atoms with Crippen LogP contribution < -0.4 is 5.32 Å². The van der Waals surface area contributed by atoms with E-state index in [1.807, 2.05) is 24.3 Å². The number of halogens is 2.